The van der Waals surface area contributed by atoms with Gasteiger partial charge in [0, 0.05) is 10.6 Å². The van der Waals surface area contributed by atoms with Crippen molar-refractivity contribution in [1.29, 1.82) is 0 Å². The van der Waals surface area contributed by atoms with Crippen LogP contribution in [-0.2, 0) is 24.7 Å². The standard InChI is InChI=1S/C13H12ClIN2O5/c1-2-21-11(19)13(22-12(16)20)8-5-7(14)3-4-9(8)17(6-15)10(13)18/h3-5H,2,6H2,1H3,(H2,16,20). The first-order valence-electron chi connectivity index (χ1n) is 6.22. The Labute approximate surface area is 144 Å². The largest absolute Gasteiger partial charge is 0.462 e. The fourth-order valence-electron chi connectivity index (χ4n) is 2.28. The summed E-state index contributed by atoms with van der Waals surface area (Å²) in [7, 11) is 0. The van der Waals surface area contributed by atoms with E-state index in [2.05, 4.69) is 0 Å². The summed E-state index contributed by atoms with van der Waals surface area (Å²) in [6, 6.07) is 4.53. The molecule has 0 saturated heterocycles. The molecule has 7 nitrogen and oxygen atoms in total. The van der Waals surface area contributed by atoms with Crippen molar-refractivity contribution >= 4 is 57.8 Å². The van der Waals surface area contributed by atoms with Crippen molar-refractivity contribution in [3.05, 3.63) is 28.8 Å². The van der Waals surface area contributed by atoms with Gasteiger partial charge in [-0.15, -0.1) is 0 Å². The van der Waals surface area contributed by atoms with E-state index in [-0.39, 0.29) is 21.7 Å². The minimum Gasteiger partial charge on any atom is -0.462 e. The molecule has 22 heavy (non-hydrogen) atoms. The van der Waals surface area contributed by atoms with Crippen molar-refractivity contribution in [2.24, 2.45) is 5.73 Å². The van der Waals surface area contributed by atoms with Crippen LogP contribution < -0.4 is 10.6 Å². The molecule has 1 heterocycles. The number of amides is 2. The van der Waals surface area contributed by atoms with Crippen LogP contribution in [0.2, 0.25) is 5.02 Å². The molecule has 1 unspecified atom stereocenters. The molecule has 1 aromatic carbocycles. The van der Waals surface area contributed by atoms with E-state index < -0.39 is 23.6 Å². The van der Waals surface area contributed by atoms with Crippen LogP contribution in [0.1, 0.15) is 12.5 Å². The Morgan fingerprint density at radius 3 is 2.68 bits per heavy atom. The number of alkyl halides is 1. The molecule has 0 saturated carbocycles. The summed E-state index contributed by atoms with van der Waals surface area (Å²) < 4.78 is 10.1. The highest BCUT2D eigenvalue weighted by molar-refractivity contribution is 14.1. The number of nitrogens with two attached hydrogens (primary N) is 1. The molecule has 1 atom stereocenters. The van der Waals surface area contributed by atoms with Gasteiger partial charge in [0.05, 0.1) is 16.8 Å². The number of nitrogens with zero attached hydrogens (tertiary/aromatic N) is 1. The van der Waals surface area contributed by atoms with Crippen molar-refractivity contribution in [2.75, 3.05) is 16.1 Å². The predicted molar refractivity (Wildman–Crippen MR) is 86.8 cm³/mol. The summed E-state index contributed by atoms with van der Waals surface area (Å²) in [4.78, 5) is 37.7. The molecule has 1 aliphatic heterocycles. The monoisotopic (exact) mass is 438 g/mol. The Bertz CT molecular complexity index is 653. The number of hydrogen-bond acceptors (Lipinski definition) is 5. The van der Waals surface area contributed by atoms with Crippen LogP contribution in [-0.4, -0.2) is 29.1 Å². The van der Waals surface area contributed by atoms with E-state index in [0.29, 0.717) is 5.69 Å². The van der Waals surface area contributed by atoms with Crippen LogP contribution in [0.4, 0.5) is 10.5 Å². The van der Waals surface area contributed by atoms with Gasteiger partial charge in [-0.25, -0.2) is 9.59 Å². The van der Waals surface area contributed by atoms with Gasteiger partial charge in [0.1, 0.15) is 0 Å². The van der Waals surface area contributed by atoms with Crippen molar-refractivity contribution in [1.82, 2.24) is 0 Å². The van der Waals surface area contributed by atoms with Gasteiger partial charge in [-0.1, -0.05) is 34.2 Å². The number of ether oxygens (including phenoxy) is 2. The zero-order valence-corrected chi connectivity index (χ0v) is 14.4. The van der Waals surface area contributed by atoms with Crippen LogP contribution in [0.3, 0.4) is 0 Å². The summed E-state index contributed by atoms with van der Waals surface area (Å²) in [5.41, 5.74) is 3.36. The fraction of sp³-hybridized carbons (Fsp3) is 0.308. The minimum absolute atomic E-state index is 0.0100. The third-order valence-corrected chi connectivity index (χ3v) is 4.03. The van der Waals surface area contributed by atoms with Crippen LogP contribution in [0.15, 0.2) is 18.2 Å². The highest BCUT2D eigenvalue weighted by atomic mass is 127. The number of carbonyl (C=O) groups excluding carboxylic acids is 3. The Morgan fingerprint density at radius 2 is 2.14 bits per heavy atom. The Morgan fingerprint density at radius 1 is 1.45 bits per heavy atom. The number of halogens is 2. The van der Waals surface area contributed by atoms with Gasteiger partial charge in [-0.2, -0.15) is 0 Å². The first-order valence-corrected chi connectivity index (χ1v) is 8.12. The van der Waals surface area contributed by atoms with E-state index in [1.54, 1.807) is 19.1 Å². The van der Waals surface area contributed by atoms with Crippen LogP contribution in [0.25, 0.3) is 0 Å². The van der Waals surface area contributed by atoms with Crippen molar-refractivity contribution in [3.8, 4) is 0 Å². The van der Waals surface area contributed by atoms with Crippen molar-refractivity contribution in [3.63, 3.8) is 0 Å². The molecule has 0 fully saturated rings. The van der Waals surface area contributed by atoms with Gasteiger partial charge in [-0.3, -0.25) is 9.69 Å². The molecule has 118 valence electrons. The lowest BCUT2D eigenvalue weighted by Gasteiger charge is -2.25. The zero-order chi connectivity index (χ0) is 16.5. The SMILES string of the molecule is CCOC(=O)C1(OC(N)=O)C(=O)N(CI)c2ccc(Cl)cc21. The third kappa shape index (κ3) is 2.50. The second-order valence-electron chi connectivity index (χ2n) is 4.34. The number of fused-ring (bicyclic) bond motifs is 1. The summed E-state index contributed by atoms with van der Waals surface area (Å²) in [6.45, 7) is 1.58. The zero-order valence-electron chi connectivity index (χ0n) is 11.5. The average Bonchev–Trinajstić information content (AvgIpc) is 2.68. The lowest BCUT2D eigenvalue weighted by Crippen LogP contribution is -2.51. The Balaban J connectivity index is 2.71. The van der Waals surface area contributed by atoms with Gasteiger partial charge >= 0.3 is 17.7 Å². The Kier molecular flexibility index (Phi) is 4.81. The van der Waals surface area contributed by atoms with E-state index in [0.717, 1.165) is 0 Å². The van der Waals surface area contributed by atoms with Crippen LogP contribution >= 0.6 is 34.2 Å². The molecule has 0 aliphatic carbocycles. The number of primary amides is 1. The molecule has 9 heteroatoms. The summed E-state index contributed by atoms with van der Waals surface area (Å²) in [5, 5.41) is 0.281. The van der Waals surface area contributed by atoms with Crippen LogP contribution in [0, 0.1) is 0 Å². The van der Waals surface area contributed by atoms with Crippen LogP contribution in [0.5, 0.6) is 0 Å². The smallest absolute Gasteiger partial charge is 0.406 e. The number of hydrogen-bond donors (Lipinski definition) is 1. The maximum Gasteiger partial charge on any atom is 0.406 e. The summed E-state index contributed by atoms with van der Waals surface area (Å²) in [5.74, 6) is -1.74. The molecule has 0 spiro atoms. The highest BCUT2D eigenvalue weighted by Gasteiger charge is 2.61. The molecule has 2 amide bonds. The highest BCUT2D eigenvalue weighted by Crippen LogP contribution is 2.45. The predicted octanol–water partition coefficient (Wildman–Crippen LogP) is 1.93. The number of esters is 1. The van der Waals surface area contributed by atoms with Gasteiger partial charge in [0.25, 0.3) is 5.91 Å². The topological polar surface area (TPSA) is 98.9 Å². The van der Waals surface area contributed by atoms with Gasteiger partial charge in [0.15, 0.2) is 0 Å². The van der Waals surface area contributed by atoms with Gasteiger partial charge in [-0.05, 0) is 25.1 Å². The van der Waals surface area contributed by atoms with Gasteiger partial charge in [0.2, 0.25) is 0 Å². The first kappa shape index (κ1) is 16.8. The molecule has 0 bridgehead atoms. The van der Waals surface area contributed by atoms with E-state index in [1.165, 1.54) is 11.0 Å². The molecule has 1 aliphatic rings. The normalized spacial score (nSPS) is 19.8. The summed E-state index contributed by atoms with van der Waals surface area (Å²) in [6.07, 6.45) is -1.26. The second kappa shape index (κ2) is 6.29. The molecular weight excluding hydrogens is 427 g/mol. The first-order chi connectivity index (χ1) is 10.4. The number of anilines is 1. The quantitative estimate of drug-likeness (QED) is 0.255. The Hall–Kier alpha value is -1.55. The number of benzene rings is 1. The molecule has 0 radical (unpaired) electrons. The van der Waals surface area contributed by atoms with E-state index in [4.69, 9.17) is 26.8 Å². The molecule has 2 rings (SSSR count). The van der Waals surface area contributed by atoms with Crippen molar-refractivity contribution < 1.29 is 23.9 Å². The molecular formula is C13H12ClIN2O5. The number of rotatable bonds is 4. The lowest BCUT2D eigenvalue weighted by atomic mass is 9.95. The molecule has 0 aromatic heterocycles. The van der Waals surface area contributed by atoms with Gasteiger partial charge < -0.3 is 15.2 Å². The lowest BCUT2D eigenvalue weighted by molar-refractivity contribution is -0.170. The van der Waals surface area contributed by atoms with E-state index in [9.17, 15) is 14.4 Å². The molecule has 1 aromatic rings. The maximum absolute atomic E-state index is 12.7. The summed E-state index contributed by atoms with van der Waals surface area (Å²) >= 11 is 7.91. The fourth-order valence-corrected chi connectivity index (χ4v) is 3.13. The van der Waals surface area contributed by atoms with E-state index >= 15 is 0 Å². The number of carbonyl (C=O) groups is 3. The van der Waals surface area contributed by atoms with Crippen molar-refractivity contribution in [2.45, 2.75) is 12.5 Å². The minimum atomic E-state index is -2.26. The maximum atomic E-state index is 12.7. The second-order valence-corrected chi connectivity index (χ2v) is 5.46. The molecule has 2 N–H and O–H groups in total. The van der Waals surface area contributed by atoms with E-state index in [1.807, 2.05) is 22.6 Å². The average molecular weight is 439 g/mol. The third-order valence-electron chi connectivity index (χ3n) is 3.11.